The lowest BCUT2D eigenvalue weighted by Crippen LogP contribution is -2.48. The Morgan fingerprint density at radius 1 is 1.07 bits per heavy atom. The van der Waals surface area contributed by atoms with Gasteiger partial charge in [-0.25, -0.2) is 0 Å². The molecule has 0 heterocycles. The molecule has 0 bridgehead atoms. The lowest BCUT2D eigenvalue weighted by molar-refractivity contribution is -0.118. The van der Waals surface area contributed by atoms with E-state index in [0.717, 1.165) is 0 Å². The number of allylic oxidation sites excluding steroid dienone is 3. The Labute approximate surface area is 185 Å². The van der Waals surface area contributed by atoms with Gasteiger partial charge in [0.05, 0.1) is 0 Å². The fourth-order valence-electron chi connectivity index (χ4n) is 2.81. The molecule has 0 aliphatic heterocycles. The molecule has 0 aromatic heterocycles. The van der Waals surface area contributed by atoms with Gasteiger partial charge < -0.3 is 14.8 Å². The van der Waals surface area contributed by atoms with Crippen LogP contribution in [-0.2, 0) is 14.3 Å². The van der Waals surface area contributed by atoms with Crippen molar-refractivity contribution in [3.05, 3.63) is 70.3 Å². The maximum Gasteiger partial charge on any atom is 0.216 e. The van der Waals surface area contributed by atoms with E-state index >= 15 is 0 Å². The standard InChI is InChI=1S/C21H22Cl3NO4/c1-14(26)25-10-9-16(19(27)15-7-5-4-6-8-15)11-17-12-20(23,28-2)21(24,29-3)13-18(17)22/h4-8,11-13H,9-10H2,1-3H3,(H,25,26). The molecule has 0 saturated heterocycles. The summed E-state index contributed by atoms with van der Waals surface area (Å²) in [6, 6.07) is 8.82. The molecule has 2 rings (SSSR count). The minimum atomic E-state index is -1.54. The molecular weight excluding hydrogens is 437 g/mol. The van der Waals surface area contributed by atoms with E-state index in [4.69, 9.17) is 44.3 Å². The summed E-state index contributed by atoms with van der Waals surface area (Å²) < 4.78 is 10.6. The van der Waals surface area contributed by atoms with Crippen LogP contribution in [0.1, 0.15) is 23.7 Å². The number of halogens is 3. The minimum absolute atomic E-state index is 0.183. The predicted molar refractivity (Wildman–Crippen MR) is 115 cm³/mol. The van der Waals surface area contributed by atoms with Gasteiger partial charge in [0.25, 0.3) is 0 Å². The highest BCUT2D eigenvalue weighted by Gasteiger charge is 2.50. The van der Waals surface area contributed by atoms with Crippen LogP contribution in [0.4, 0.5) is 0 Å². The number of ketones is 1. The van der Waals surface area contributed by atoms with Crippen LogP contribution >= 0.6 is 34.8 Å². The molecule has 5 nitrogen and oxygen atoms in total. The van der Waals surface area contributed by atoms with Gasteiger partial charge in [0.2, 0.25) is 16.0 Å². The lowest BCUT2D eigenvalue weighted by atomic mass is 9.94. The Hall–Kier alpha value is -1.63. The zero-order valence-corrected chi connectivity index (χ0v) is 18.6. The third-order valence-corrected chi connectivity index (χ3v) is 5.93. The van der Waals surface area contributed by atoms with Gasteiger partial charge in [-0.05, 0) is 30.2 Å². The maximum atomic E-state index is 13.0. The van der Waals surface area contributed by atoms with Gasteiger partial charge in [-0.15, -0.1) is 0 Å². The van der Waals surface area contributed by atoms with Crippen molar-refractivity contribution in [1.29, 1.82) is 0 Å². The van der Waals surface area contributed by atoms with Crippen LogP contribution in [0, 0.1) is 0 Å². The molecule has 0 spiro atoms. The zero-order chi connectivity index (χ0) is 21.7. The molecule has 1 aliphatic carbocycles. The number of nitrogens with one attached hydrogen (secondary N) is 1. The number of hydrogen-bond acceptors (Lipinski definition) is 4. The molecule has 1 N–H and O–H groups in total. The monoisotopic (exact) mass is 457 g/mol. The molecule has 1 aromatic rings. The van der Waals surface area contributed by atoms with Crippen molar-refractivity contribution >= 4 is 46.5 Å². The van der Waals surface area contributed by atoms with Crippen molar-refractivity contribution < 1.29 is 19.1 Å². The number of hydrogen-bond donors (Lipinski definition) is 1. The summed E-state index contributed by atoms with van der Waals surface area (Å²) >= 11 is 19.3. The molecule has 0 saturated carbocycles. The summed E-state index contributed by atoms with van der Waals surface area (Å²) in [6.45, 7) is 1.71. The van der Waals surface area contributed by atoms with Crippen molar-refractivity contribution in [2.45, 2.75) is 23.5 Å². The van der Waals surface area contributed by atoms with E-state index in [0.29, 0.717) is 29.7 Å². The van der Waals surface area contributed by atoms with Crippen LogP contribution in [0.2, 0.25) is 0 Å². The highest BCUT2D eigenvalue weighted by Crippen LogP contribution is 2.46. The predicted octanol–water partition coefficient (Wildman–Crippen LogP) is 4.55. The molecule has 8 heteroatoms. The van der Waals surface area contributed by atoms with Gasteiger partial charge in [0, 0.05) is 43.9 Å². The number of ether oxygens (including phenoxy) is 2. The first-order valence-electron chi connectivity index (χ1n) is 8.80. The molecule has 0 radical (unpaired) electrons. The van der Waals surface area contributed by atoms with E-state index in [-0.39, 0.29) is 16.7 Å². The van der Waals surface area contributed by atoms with Crippen molar-refractivity contribution in [3.63, 3.8) is 0 Å². The van der Waals surface area contributed by atoms with E-state index < -0.39 is 10.1 Å². The molecular formula is C21H22Cl3NO4. The first-order chi connectivity index (χ1) is 13.7. The summed E-state index contributed by atoms with van der Waals surface area (Å²) in [5.41, 5.74) is 1.42. The van der Waals surface area contributed by atoms with Crippen LogP contribution in [0.15, 0.2) is 64.7 Å². The van der Waals surface area contributed by atoms with E-state index in [2.05, 4.69) is 5.32 Å². The van der Waals surface area contributed by atoms with E-state index in [1.165, 1.54) is 33.3 Å². The summed E-state index contributed by atoms with van der Waals surface area (Å²) in [5, 5.41) is -0.105. The third kappa shape index (κ3) is 5.50. The number of carbonyl (C=O) groups excluding carboxylic acids is 2. The second kappa shape index (κ2) is 9.92. The molecule has 29 heavy (non-hydrogen) atoms. The number of Topliss-reactive ketones (excluding diaryl/α,β-unsaturated/α-hetero) is 1. The third-order valence-electron chi connectivity index (χ3n) is 4.41. The number of benzene rings is 1. The van der Waals surface area contributed by atoms with Gasteiger partial charge in [0.1, 0.15) is 0 Å². The summed E-state index contributed by atoms with van der Waals surface area (Å²) in [6.07, 6.45) is 4.85. The average molecular weight is 459 g/mol. The Kier molecular flexibility index (Phi) is 8.09. The zero-order valence-electron chi connectivity index (χ0n) is 16.3. The molecule has 1 amide bonds. The quantitative estimate of drug-likeness (QED) is 0.353. The minimum Gasteiger partial charge on any atom is -0.356 e. The topological polar surface area (TPSA) is 64.6 Å². The smallest absolute Gasteiger partial charge is 0.216 e. The number of carbonyl (C=O) groups is 2. The highest BCUT2D eigenvalue weighted by atomic mass is 35.5. The lowest BCUT2D eigenvalue weighted by Gasteiger charge is -2.39. The van der Waals surface area contributed by atoms with Gasteiger partial charge in [-0.1, -0.05) is 65.1 Å². The Morgan fingerprint density at radius 3 is 2.21 bits per heavy atom. The van der Waals surface area contributed by atoms with Crippen molar-refractivity contribution in [1.82, 2.24) is 5.32 Å². The fourth-order valence-corrected chi connectivity index (χ4v) is 3.61. The molecule has 156 valence electrons. The molecule has 0 fully saturated rings. The second-order valence-electron chi connectivity index (χ2n) is 6.39. The van der Waals surface area contributed by atoms with Gasteiger partial charge in [-0.2, -0.15) is 0 Å². The molecule has 1 aliphatic rings. The van der Waals surface area contributed by atoms with Crippen molar-refractivity contribution in [3.8, 4) is 0 Å². The van der Waals surface area contributed by atoms with Crippen LogP contribution < -0.4 is 5.32 Å². The summed E-state index contributed by atoms with van der Waals surface area (Å²) in [4.78, 5) is 24.2. The molecule has 2 atom stereocenters. The molecule has 2 unspecified atom stereocenters. The number of methoxy groups -OCH3 is 2. The average Bonchev–Trinajstić information content (AvgIpc) is 2.70. The van der Waals surface area contributed by atoms with E-state index in [9.17, 15) is 9.59 Å². The Morgan fingerprint density at radius 2 is 1.66 bits per heavy atom. The van der Waals surface area contributed by atoms with Crippen molar-refractivity contribution in [2.75, 3.05) is 20.8 Å². The number of amides is 1. The second-order valence-corrected chi connectivity index (χ2v) is 7.92. The fraction of sp³-hybridized carbons (Fsp3) is 0.333. The summed E-state index contributed by atoms with van der Waals surface area (Å²) in [7, 11) is 2.77. The Bertz CT molecular complexity index is 866. The van der Waals surface area contributed by atoms with Gasteiger partial charge in [-0.3, -0.25) is 9.59 Å². The SMILES string of the molecule is COC1(Cl)C=C(Cl)C(C=C(CCNC(C)=O)C(=O)c2ccccc2)=CC1(Cl)OC. The van der Waals surface area contributed by atoms with Crippen LogP contribution in [0.5, 0.6) is 0 Å². The molecule has 1 aromatic carbocycles. The largest absolute Gasteiger partial charge is 0.356 e. The van der Waals surface area contributed by atoms with Gasteiger partial charge in [0.15, 0.2) is 5.78 Å². The highest BCUT2D eigenvalue weighted by molar-refractivity contribution is 6.38. The summed E-state index contributed by atoms with van der Waals surface area (Å²) in [5.74, 6) is -0.370. The van der Waals surface area contributed by atoms with Gasteiger partial charge >= 0.3 is 0 Å². The van der Waals surface area contributed by atoms with Crippen LogP contribution in [0.25, 0.3) is 0 Å². The van der Waals surface area contributed by atoms with Crippen LogP contribution in [0.3, 0.4) is 0 Å². The van der Waals surface area contributed by atoms with E-state index in [1.54, 1.807) is 30.3 Å². The van der Waals surface area contributed by atoms with Crippen molar-refractivity contribution in [2.24, 2.45) is 0 Å². The number of alkyl halides is 2. The number of rotatable bonds is 8. The normalized spacial score (nSPS) is 24.6. The first kappa shape index (κ1) is 23.6. The first-order valence-corrected chi connectivity index (χ1v) is 9.93. The van der Waals surface area contributed by atoms with E-state index in [1.807, 2.05) is 6.07 Å². The van der Waals surface area contributed by atoms with Crippen LogP contribution in [-0.4, -0.2) is 42.6 Å². The Balaban J connectivity index is 2.46. The maximum absolute atomic E-state index is 13.0.